The molecule has 0 aliphatic carbocycles. The number of tetrazole rings is 1. The highest BCUT2D eigenvalue weighted by atomic mass is 32.2. The number of amides is 1. The van der Waals surface area contributed by atoms with Crippen LogP contribution in [0.15, 0.2) is 20.8 Å². The van der Waals surface area contributed by atoms with E-state index in [1.54, 1.807) is 13.3 Å². The Balaban J connectivity index is 1.84. The van der Waals surface area contributed by atoms with E-state index >= 15 is 0 Å². The summed E-state index contributed by atoms with van der Waals surface area (Å²) in [5.74, 6) is -0.494. The highest BCUT2D eigenvalue weighted by Gasteiger charge is 2.51. The molecule has 0 aromatic carbocycles. The Morgan fingerprint density at radius 1 is 1.57 bits per heavy atom. The summed E-state index contributed by atoms with van der Waals surface area (Å²) < 4.78 is 5.60. The van der Waals surface area contributed by atoms with E-state index < -0.39 is 5.97 Å². The zero-order chi connectivity index (χ0) is 16.6. The van der Waals surface area contributed by atoms with Crippen LogP contribution < -0.4 is 0 Å². The van der Waals surface area contributed by atoms with Crippen molar-refractivity contribution < 1.29 is 14.7 Å². The van der Waals surface area contributed by atoms with Crippen molar-refractivity contribution in [3.05, 3.63) is 11.3 Å². The smallest absolute Gasteiger partial charge is 0.352 e. The summed E-state index contributed by atoms with van der Waals surface area (Å²) in [5, 5.41) is 20.9. The first-order valence-corrected chi connectivity index (χ1v) is 9.63. The van der Waals surface area contributed by atoms with Gasteiger partial charge in [0.1, 0.15) is 16.8 Å². The Morgan fingerprint density at radius 2 is 2.35 bits per heavy atom. The van der Waals surface area contributed by atoms with Gasteiger partial charge in [-0.2, -0.15) is 0 Å². The molecule has 3 heterocycles. The van der Waals surface area contributed by atoms with Gasteiger partial charge in [-0.3, -0.25) is 9.69 Å². The first kappa shape index (κ1) is 16.3. The van der Waals surface area contributed by atoms with Gasteiger partial charge in [-0.05, 0) is 27.9 Å². The van der Waals surface area contributed by atoms with Crippen LogP contribution in [0.4, 0.5) is 0 Å². The van der Waals surface area contributed by atoms with Crippen molar-refractivity contribution in [2.24, 2.45) is 11.4 Å². The lowest BCUT2D eigenvalue weighted by Gasteiger charge is -2.44. The van der Waals surface area contributed by atoms with Crippen molar-refractivity contribution in [1.82, 2.24) is 25.1 Å². The lowest BCUT2D eigenvalue weighted by atomic mass is 10.1. The van der Waals surface area contributed by atoms with E-state index in [9.17, 15) is 14.7 Å². The molecule has 0 spiro atoms. The zero-order valence-electron chi connectivity index (χ0n) is 12.2. The van der Waals surface area contributed by atoms with E-state index in [0.717, 1.165) is 0 Å². The number of aliphatic carboxylic acids is 1. The SMILES string of the molecule is CS/N=C1/C(=O)N2C(C(=O)O)=C(CSc3nnnn3C)CSC12. The zero-order valence-corrected chi connectivity index (χ0v) is 14.6. The van der Waals surface area contributed by atoms with Crippen LogP contribution in [-0.4, -0.2) is 70.9 Å². The number of hydrogen-bond donors (Lipinski definition) is 1. The molecule has 1 N–H and O–H groups in total. The van der Waals surface area contributed by atoms with Crippen LogP contribution in [0.2, 0.25) is 0 Å². The maximum Gasteiger partial charge on any atom is 0.352 e. The van der Waals surface area contributed by atoms with Crippen molar-refractivity contribution in [2.75, 3.05) is 17.8 Å². The molecule has 1 fully saturated rings. The standard InChI is InChI=1S/C11H12N6O3S3/c1-16-11(12-14-15-16)23-4-5-3-22-9-6(13-21-2)8(18)17(9)7(5)10(19)20/h9H,3-4H2,1-2H3,(H,19,20)/b13-6-. The van der Waals surface area contributed by atoms with Gasteiger partial charge in [0.15, 0.2) is 0 Å². The molecule has 1 saturated heterocycles. The fourth-order valence-electron chi connectivity index (χ4n) is 2.22. The fourth-order valence-corrected chi connectivity index (χ4v) is 4.91. The number of carboxylic acid groups (broad SMARTS) is 1. The predicted molar refractivity (Wildman–Crippen MR) is 88.2 cm³/mol. The van der Waals surface area contributed by atoms with Gasteiger partial charge in [-0.25, -0.2) is 13.9 Å². The summed E-state index contributed by atoms with van der Waals surface area (Å²) in [6.45, 7) is 0. The van der Waals surface area contributed by atoms with E-state index in [1.807, 2.05) is 0 Å². The minimum Gasteiger partial charge on any atom is -0.477 e. The highest BCUT2D eigenvalue weighted by molar-refractivity contribution is 8.02. The summed E-state index contributed by atoms with van der Waals surface area (Å²) >= 11 is 4.04. The molecule has 12 heteroatoms. The van der Waals surface area contributed by atoms with Gasteiger partial charge in [0.2, 0.25) is 5.16 Å². The van der Waals surface area contributed by atoms with Crippen molar-refractivity contribution in [1.29, 1.82) is 0 Å². The number of β-lactam (4-membered cyclic amide) rings is 1. The maximum absolute atomic E-state index is 12.2. The van der Waals surface area contributed by atoms with Crippen molar-refractivity contribution >= 4 is 53.1 Å². The molecule has 23 heavy (non-hydrogen) atoms. The topological polar surface area (TPSA) is 114 Å². The predicted octanol–water partition coefficient (Wildman–Crippen LogP) is 0.275. The third-order valence-corrected chi connectivity index (χ3v) is 5.99. The van der Waals surface area contributed by atoms with E-state index in [-0.39, 0.29) is 17.0 Å². The molecule has 0 saturated carbocycles. The molecule has 1 aromatic rings. The summed E-state index contributed by atoms with van der Waals surface area (Å²) in [6, 6.07) is 0. The Labute approximate surface area is 144 Å². The van der Waals surface area contributed by atoms with Gasteiger partial charge >= 0.3 is 5.97 Å². The molecular weight excluding hydrogens is 360 g/mol. The number of hydrogen-bond acceptors (Lipinski definition) is 9. The number of fused-ring (bicyclic) bond motifs is 1. The molecule has 122 valence electrons. The van der Waals surface area contributed by atoms with Crippen LogP contribution in [0.3, 0.4) is 0 Å². The minimum absolute atomic E-state index is 0.0569. The first-order valence-electron chi connectivity index (χ1n) is 6.41. The highest BCUT2D eigenvalue weighted by Crippen LogP contribution is 2.40. The number of nitrogens with zero attached hydrogens (tertiary/aromatic N) is 6. The van der Waals surface area contributed by atoms with Gasteiger partial charge in [0, 0.05) is 24.8 Å². The maximum atomic E-state index is 12.2. The number of aryl methyl sites for hydroxylation is 1. The van der Waals surface area contributed by atoms with Crippen LogP contribution >= 0.6 is 35.5 Å². The number of rotatable bonds is 5. The lowest BCUT2D eigenvalue weighted by Crippen LogP contribution is -2.62. The van der Waals surface area contributed by atoms with Crippen molar-refractivity contribution in [3.63, 3.8) is 0 Å². The van der Waals surface area contributed by atoms with E-state index in [1.165, 1.54) is 45.1 Å². The summed E-state index contributed by atoms with van der Waals surface area (Å²) in [6.07, 6.45) is 1.77. The van der Waals surface area contributed by atoms with Gasteiger partial charge in [0.05, 0.1) is 0 Å². The monoisotopic (exact) mass is 372 g/mol. The third-order valence-electron chi connectivity index (χ3n) is 3.25. The summed E-state index contributed by atoms with van der Waals surface area (Å²) in [7, 11) is 1.71. The third kappa shape index (κ3) is 2.85. The number of aromatic nitrogens is 4. The van der Waals surface area contributed by atoms with Gasteiger partial charge in [-0.15, -0.1) is 16.9 Å². The molecular formula is C11H12N6O3S3. The molecule has 0 bridgehead atoms. The normalized spacial score (nSPS) is 22.3. The molecule has 1 unspecified atom stereocenters. The number of carbonyl (C=O) groups is 2. The lowest BCUT2D eigenvalue weighted by molar-refractivity contribution is -0.139. The number of carboxylic acids is 1. The van der Waals surface area contributed by atoms with Gasteiger partial charge < -0.3 is 5.11 Å². The summed E-state index contributed by atoms with van der Waals surface area (Å²) in [4.78, 5) is 25.1. The molecule has 1 atom stereocenters. The van der Waals surface area contributed by atoms with E-state index in [0.29, 0.717) is 27.9 Å². The van der Waals surface area contributed by atoms with Crippen LogP contribution in [0.1, 0.15) is 0 Å². The minimum atomic E-state index is -1.10. The second kappa shape index (κ2) is 6.53. The molecule has 1 amide bonds. The Bertz CT molecular complexity index is 730. The van der Waals surface area contributed by atoms with Gasteiger partial charge in [-0.1, -0.05) is 11.8 Å². The molecule has 2 aliphatic heterocycles. The average molecular weight is 372 g/mol. The van der Waals surface area contributed by atoms with E-state index in [2.05, 4.69) is 19.9 Å². The second-order valence-corrected chi connectivity index (χ2v) is 7.19. The average Bonchev–Trinajstić information content (AvgIpc) is 2.94. The molecule has 3 rings (SSSR count). The Morgan fingerprint density at radius 3 is 2.96 bits per heavy atom. The molecule has 0 radical (unpaired) electrons. The van der Waals surface area contributed by atoms with E-state index in [4.69, 9.17) is 0 Å². The molecule has 1 aromatic heterocycles. The fraction of sp³-hybridized carbons (Fsp3) is 0.455. The number of thioether (sulfide) groups is 2. The Hall–Kier alpha value is -1.53. The van der Waals surface area contributed by atoms with Crippen LogP contribution in [0.5, 0.6) is 0 Å². The van der Waals surface area contributed by atoms with Crippen LogP contribution in [0, 0.1) is 0 Å². The first-order chi connectivity index (χ1) is 11.0. The molecule has 2 aliphatic rings. The number of carbonyl (C=O) groups excluding carboxylic acids is 1. The summed E-state index contributed by atoms with van der Waals surface area (Å²) in [5.41, 5.74) is 1.16. The Kier molecular flexibility index (Phi) is 4.64. The largest absolute Gasteiger partial charge is 0.477 e. The second-order valence-electron chi connectivity index (χ2n) is 4.63. The molecule has 9 nitrogen and oxygen atoms in total. The quantitative estimate of drug-likeness (QED) is 0.442. The van der Waals surface area contributed by atoms with Crippen LogP contribution in [0.25, 0.3) is 0 Å². The van der Waals surface area contributed by atoms with Crippen molar-refractivity contribution in [2.45, 2.75) is 10.5 Å². The van der Waals surface area contributed by atoms with Crippen molar-refractivity contribution in [3.8, 4) is 0 Å². The van der Waals surface area contributed by atoms with Crippen LogP contribution in [-0.2, 0) is 16.6 Å². The van der Waals surface area contributed by atoms with Gasteiger partial charge in [0.25, 0.3) is 5.91 Å².